The molecule has 0 unspecified atom stereocenters. The summed E-state index contributed by atoms with van der Waals surface area (Å²) >= 11 is 0. The number of pyridine rings is 3. The molecule has 1 aliphatic carbocycles. The molecule has 0 fully saturated rings. The molecule has 0 atom stereocenters. The van der Waals surface area contributed by atoms with Crippen LogP contribution in [0.3, 0.4) is 0 Å². The highest BCUT2D eigenvalue weighted by Gasteiger charge is 2.20. The Labute approximate surface area is 144 Å². The zero-order valence-electron chi connectivity index (χ0n) is 13.5. The molecule has 5 heterocycles. The highest BCUT2D eigenvalue weighted by Crippen LogP contribution is 2.31. The summed E-state index contributed by atoms with van der Waals surface area (Å²) in [5.41, 5.74) is 4.82. The van der Waals surface area contributed by atoms with Gasteiger partial charge in [0.25, 0.3) is 0 Å². The monoisotopic (exact) mass is 323 g/mol. The predicted octanol–water partition coefficient (Wildman–Crippen LogP) is 2.51. The van der Waals surface area contributed by atoms with Crippen molar-refractivity contribution in [2.24, 2.45) is 0 Å². The van der Waals surface area contributed by atoms with Crippen LogP contribution in [0.2, 0.25) is 0 Å². The third-order valence-electron chi connectivity index (χ3n) is 5.15. The van der Waals surface area contributed by atoms with Crippen molar-refractivity contribution in [2.45, 2.75) is 6.42 Å². The lowest BCUT2D eigenvalue weighted by molar-refractivity contribution is -0.528. The van der Waals surface area contributed by atoms with Crippen molar-refractivity contribution in [3.05, 3.63) is 88.8 Å². The second-order valence-electron chi connectivity index (χ2n) is 6.53. The van der Waals surface area contributed by atoms with Crippen molar-refractivity contribution in [1.82, 2.24) is 4.40 Å². The molecule has 0 amide bonds. The molecular weight excluding hydrogens is 308 g/mol. The van der Waals surface area contributed by atoms with Crippen molar-refractivity contribution in [1.29, 1.82) is 0 Å². The summed E-state index contributed by atoms with van der Waals surface area (Å²) in [5.74, 6) is 1.82. The molecule has 2 aliphatic rings. The molecule has 4 aromatic rings. The quantitative estimate of drug-likeness (QED) is 0.400. The van der Waals surface area contributed by atoms with Crippen molar-refractivity contribution in [2.75, 3.05) is 0 Å². The Morgan fingerprint density at radius 1 is 1.00 bits per heavy atom. The fourth-order valence-electron chi connectivity index (χ4n) is 3.93. The van der Waals surface area contributed by atoms with E-state index in [1.807, 2.05) is 12.3 Å². The molecule has 118 valence electrons. The van der Waals surface area contributed by atoms with E-state index in [9.17, 15) is 0 Å². The molecule has 0 bridgehead atoms. The number of nitrogens with zero attached hydrogens (tertiary/aromatic N) is 2. The van der Waals surface area contributed by atoms with Gasteiger partial charge in [-0.15, -0.1) is 0 Å². The first-order chi connectivity index (χ1) is 12.4. The Hall–Kier alpha value is -3.33. The van der Waals surface area contributed by atoms with Gasteiger partial charge in [-0.3, -0.25) is 0 Å². The Balaban J connectivity index is 1.77. The van der Waals surface area contributed by atoms with Crippen LogP contribution in [0.4, 0.5) is 0 Å². The molecule has 25 heavy (non-hydrogen) atoms. The summed E-state index contributed by atoms with van der Waals surface area (Å²) in [6.45, 7) is 0. The largest absolute Gasteiger partial charge is 0.455 e. The van der Waals surface area contributed by atoms with Gasteiger partial charge in [-0.2, -0.15) is 4.40 Å². The number of hydrogen-bond acceptors (Lipinski definition) is 1. The lowest BCUT2D eigenvalue weighted by Crippen LogP contribution is -2.46. The van der Waals surface area contributed by atoms with Crippen LogP contribution in [0.15, 0.2) is 67.1 Å². The van der Waals surface area contributed by atoms with Gasteiger partial charge in [-0.25, -0.2) is 0 Å². The molecule has 4 aromatic heterocycles. The standard InChI is InChI=1S/C22H15N2O/c1-2-5-18-15(4-1)7-8-20-17-14-16-19-6-3-11-23(19)12-9-21(16)25-22(17)10-13-24(18)20/h1-3,5-14H,4H2/q+1. The topological polar surface area (TPSA) is 17.7 Å². The van der Waals surface area contributed by atoms with Gasteiger partial charge < -0.3 is 9.14 Å². The van der Waals surface area contributed by atoms with E-state index in [4.69, 9.17) is 4.74 Å². The summed E-state index contributed by atoms with van der Waals surface area (Å²) in [5, 5.41) is 2.39. The maximum absolute atomic E-state index is 6.22. The molecule has 1 aliphatic heterocycles. The van der Waals surface area contributed by atoms with Gasteiger partial charge in [0, 0.05) is 41.7 Å². The first-order valence-corrected chi connectivity index (χ1v) is 8.51. The highest BCUT2D eigenvalue weighted by atomic mass is 16.5. The van der Waals surface area contributed by atoms with Gasteiger partial charge in [-0.1, -0.05) is 12.2 Å². The molecule has 3 nitrogen and oxygen atoms in total. The van der Waals surface area contributed by atoms with E-state index in [2.05, 4.69) is 75.8 Å². The fourth-order valence-corrected chi connectivity index (χ4v) is 3.93. The Morgan fingerprint density at radius 2 is 2.00 bits per heavy atom. The van der Waals surface area contributed by atoms with Crippen LogP contribution < -0.4 is 19.7 Å². The molecule has 3 heteroatoms. The lowest BCUT2D eigenvalue weighted by atomic mass is 10.1. The number of ether oxygens (including phenoxy) is 1. The van der Waals surface area contributed by atoms with Crippen molar-refractivity contribution in [3.8, 4) is 11.5 Å². The maximum Gasteiger partial charge on any atom is 0.222 e. The van der Waals surface area contributed by atoms with E-state index in [1.54, 1.807) is 0 Å². The van der Waals surface area contributed by atoms with Crippen LogP contribution in [0.1, 0.15) is 11.1 Å². The van der Waals surface area contributed by atoms with Gasteiger partial charge in [0.2, 0.25) is 10.9 Å². The minimum Gasteiger partial charge on any atom is -0.455 e. The van der Waals surface area contributed by atoms with Crippen LogP contribution in [-0.4, -0.2) is 4.40 Å². The lowest BCUT2D eigenvalue weighted by Gasteiger charge is -2.15. The first-order valence-electron chi connectivity index (χ1n) is 8.51. The first kappa shape index (κ1) is 13.0. The van der Waals surface area contributed by atoms with E-state index < -0.39 is 0 Å². The van der Waals surface area contributed by atoms with E-state index >= 15 is 0 Å². The summed E-state index contributed by atoms with van der Waals surface area (Å²) in [4.78, 5) is 0. The van der Waals surface area contributed by atoms with E-state index in [0.717, 1.165) is 34.2 Å². The van der Waals surface area contributed by atoms with E-state index in [0.29, 0.717) is 0 Å². The minimum atomic E-state index is 0.912. The van der Waals surface area contributed by atoms with Crippen molar-refractivity contribution in [3.63, 3.8) is 0 Å². The van der Waals surface area contributed by atoms with Crippen LogP contribution in [0.25, 0.3) is 23.2 Å². The number of aromatic nitrogens is 2. The Bertz CT molecular complexity index is 1340. The van der Waals surface area contributed by atoms with Gasteiger partial charge >= 0.3 is 0 Å². The minimum absolute atomic E-state index is 0.912. The average Bonchev–Trinajstić information content (AvgIpc) is 3.15. The summed E-state index contributed by atoms with van der Waals surface area (Å²) < 4.78 is 10.6. The van der Waals surface area contributed by atoms with Crippen molar-refractivity contribution < 1.29 is 9.14 Å². The number of hydrogen-bond donors (Lipinski definition) is 0. The summed E-state index contributed by atoms with van der Waals surface area (Å²) in [7, 11) is 0. The molecule has 0 saturated heterocycles. The third-order valence-corrected chi connectivity index (χ3v) is 5.15. The van der Waals surface area contributed by atoms with Gasteiger partial charge in [-0.05, 0) is 36.8 Å². The summed E-state index contributed by atoms with van der Waals surface area (Å²) in [6.07, 6.45) is 16.0. The number of allylic oxidation sites excluding steroid dienone is 2. The van der Waals surface area contributed by atoms with Crippen LogP contribution in [-0.2, 0) is 6.42 Å². The zero-order chi connectivity index (χ0) is 16.4. The highest BCUT2D eigenvalue weighted by molar-refractivity contribution is 5.78. The second kappa shape index (κ2) is 4.61. The molecular formula is C22H15N2O+. The van der Waals surface area contributed by atoms with E-state index in [1.165, 1.54) is 16.4 Å². The number of fused-ring (bicyclic) bond motifs is 8. The second-order valence-corrected chi connectivity index (χ2v) is 6.53. The van der Waals surface area contributed by atoms with Crippen LogP contribution >= 0.6 is 0 Å². The Morgan fingerprint density at radius 3 is 3.00 bits per heavy atom. The van der Waals surface area contributed by atoms with Crippen LogP contribution in [0, 0.1) is 0 Å². The smallest absolute Gasteiger partial charge is 0.222 e. The average molecular weight is 323 g/mol. The van der Waals surface area contributed by atoms with Gasteiger partial charge in [0.05, 0.1) is 10.7 Å². The third kappa shape index (κ3) is 1.72. The Kier molecular flexibility index (Phi) is 2.40. The molecule has 0 spiro atoms. The SMILES string of the molecule is C1=CCc2ccc3c4c(cc[n+]3c2=C1)Oc1ccn2cccc2c1C=4. The van der Waals surface area contributed by atoms with Gasteiger partial charge in [0.15, 0.2) is 6.20 Å². The molecule has 6 rings (SSSR count). The zero-order valence-corrected chi connectivity index (χ0v) is 13.5. The normalized spacial score (nSPS) is 14.2. The fraction of sp³-hybridized carbons (Fsp3) is 0.0455. The number of rotatable bonds is 0. The predicted molar refractivity (Wildman–Crippen MR) is 97.2 cm³/mol. The molecule has 0 radical (unpaired) electrons. The van der Waals surface area contributed by atoms with Crippen LogP contribution in [0.5, 0.6) is 11.5 Å². The maximum atomic E-state index is 6.22. The molecule has 0 aromatic carbocycles. The van der Waals surface area contributed by atoms with Gasteiger partial charge in [0.1, 0.15) is 11.5 Å². The van der Waals surface area contributed by atoms with Crippen molar-refractivity contribution >= 4 is 23.2 Å². The molecule has 0 N–H and O–H groups in total. The molecule has 0 saturated carbocycles. The summed E-state index contributed by atoms with van der Waals surface area (Å²) in [6, 6.07) is 12.7. The van der Waals surface area contributed by atoms with E-state index in [-0.39, 0.29) is 0 Å².